The first-order chi connectivity index (χ1) is 9.66. The topological polar surface area (TPSA) is 36.4 Å². The SMILES string of the molecule is Cc1cccc(NC(=S)NN=Cc2ccccc2)c1C. The fraction of sp³-hybridized carbons (Fsp3) is 0.125. The first-order valence-corrected chi connectivity index (χ1v) is 6.79. The van der Waals surface area contributed by atoms with E-state index in [4.69, 9.17) is 12.2 Å². The summed E-state index contributed by atoms with van der Waals surface area (Å²) in [5.74, 6) is 0. The van der Waals surface area contributed by atoms with E-state index in [-0.39, 0.29) is 0 Å². The van der Waals surface area contributed by atoms with Gasteiger partial charge in [-0.1, -0.05) is 42.5 Å². The second kappa shape index (κ2) is 6.82. The molecule has 0 amide bonds. The average molecular weight is 283 g/mol. The quantitative estimate of drug-likeness (QED) is 0.513. The third-order valence-electron chi connectivity index (χ3n) is 3.03. The van der Waals surface area contributed by atoms with Crippen LogP contribution in [-0.4, -0.2) is 11.3 Å². The van der Waals surface area contributed by atoms with Crippen LogP contribution in [-0.2, 0) is 0 Å². The number of nitrogens with zero attached hydrogens (tertiary/aromatic N) is 1. The van der Waals surface area contributed by atoms with Crippen LogP contribution in [0.15, 0.2) is 53.6 Å². The van der Waals surface area contributed by atoms with Crippen LogP contribution >= 0.6 is 12.2 Å². The van der Waals surface area contributed by atoms with Crippen LogP contribution in [0.2, 0.25) is 0 Å². The number of thiocarbonyl (C=S) groups is 1. The Balaban J connectivity index is 1.93. The molecule has 0 radical (unpaired) electrons. The molecule has 0 fully saturated rings. The molecule has 0 unspecified atom stereocenters. The molecule has 20 heavy (non-hydrogen) atoms. The van der Waals surface area contributed by atoms with Crippen LogP contribution in [0.25, 0.3) is 0 Å². The van der Waals surface area contributed by atoms with Crippen LogP contribution < -0.4 is 10.7 Å². The largest absolute Gasteiger partial charge is 0.331 e. The number of hydrogen-bond donors (Lipinski definition) is 2. The van der Waals surface area contributed by atoms with Crippen molar-refractivity contribution in [2.45, 2.75) is 13.8 Å². The van der Waals surface area contributed by atoms with Crippen LogP contribution in [0.4, 0.5) is 5.69 Å². The minimum atomic E-state index is 0.478. The molecular weight excluding hydrogens is 266 g/mol. The van der Waals surface area contributed by atoms with E-state index in [1.807, 2.05) is 42.5 Å². The van der Waals surface area contributed by atoms with Crippen molar-refractivity contribution in [1.82, 2.24) is 5.43 Å². The fourth-order valence-electron chi connectivity index (χ4n) is 1.74. The number of hydrogen-bond acceptors (Lipinski definition) is 2. The fourth-order valence-corrected chi connectivity index (χ4v) is 1.90. The van der Waals surface area contributed by atoms with Crippen molar-refractivity contribution in [1.29, 1.82) is 0 Å². The predicted molar refractivity (Wildman–Crippen MR) is 89.3 cm³/mol. The maximum Gasteiger partial charge on any atom is 0.191 e. The number of anilines is 1. The van der Waals surface area contributed by atoms with Gasteiger partial charge in [-0.15, -0.1) is 0 Å². The Morgan fingerprint density at radius 3 is 2.55 bits per heavy atom. The van der Waals surface area contributed by atoms with Crippen LogP contribution in [0, 0.1) is 13.8 Å². The highest BCUT2D eigenvalue weighted by Crippen LogP contribution is 2.17. The van der Waals surface area contributed by atoms with Crippen LogP contribution in [0.5, 0.6) is 0 Å². The minimum absolute atomic E-state index is 0.478. The summed E-state index contributed by atoms with van der Waals surface area (Å²) in [5.41, 5.74) is 7.25. The van der Waals surface area contributed by atoms with E-state index in [1.54, 1.807) is 6.21 Å². The molecule has 0 saturated heterocycles. The maximum absolute atomic E-state index is 5.22. The molecule has 0 aliphatic rings. The summed E-state index contributed by atoms with van der Waals surface area (Å²) in [6, 6.07) is 15.9. The van der Waals surface area contributed by atoms with Gasteiger partial charge >= 0.3 is 0 Å². The lowest BCUT2D eigenvalue weighted by Crippen LogP contribution is -2.24. The van der Waals surface area contributed by atoms with Gasteiger partial charge in [0.15, 0.2) is 5.11 Å². The van der Waals surface area contributed by atoms with E-state index in [1.165, 1.54) is 11.1 Å². The first-order valence-electron chi connectivity index (χ1n) is 6.38. The molecule has 0 spiro atoms. The minimum Gasteiger partial charge on any atom is -0.331 e. The molecule has 0 aliphatic heterocycles. The monoisotopic (exact) mass is 283 g/mol. The predicted octanol–water partition coefficient (Wildman–Crippen LogP) is 3.62. The number of aryl methyl sites for hydroxylation is 1. The normalized spacial score (nSPS) is 10.5. The van der Waals surface area contributed by atoms with Gasteiger partial charge in [-0.05, 0) is 48.8 Å². The summed E-state index contributed by atoms with van der Waals surface area (Å²) in [7, 11) is 0. The highest BCUT2D eigenvalue weighted by atomic mass is 32.1. The van der Waals surface area contributed by atoms with Crippen LogP contribution in [0.3, 0.4) is 0 Å². The van der Waals surface area contributed by atoms with E-state index >= 15 is 0 Å². The number of benzene rings is 2. The van der Waals surface area contributed by atoms with Crippen molar-refractivity contribution in [2.24, 2.45) is 5.10 Å². The molecule has 0 heterocycles. The molecule has 2 rings (SSSR count). The lowest BCUT2D eigenvalue weighted by Gasteiger charge is -2.11. The summed E-state index contributed by atoms with van der Waals surface area (Å²) in [5, 5.41) is 7.73. The van der Waals surface area contributed by atoms with Crippen molar-refractivity contribution in [3.05, 3.63) is 65.2 Å². The highest BCUT2D eigenvalue weighted by molar-refractivity contribution is 7.80. The molecule has 0 aliphatic carbocycles. The van der Waals surface area contributed by atoms with E-state index in [0.717, 1.165) is 11.3 Å². The van der Waals surface area contributed by atoms with Gasteiger partial charge in [0.1, 0.15) is 0 Å². The summed E-state index contributed by atoms with van der Waals surface area (Å²) in [6.07, 6.45) is 1.73. The molecule has 4 heteroatoms. The van der Waals surface area contributed by atoms with Crippen molar-refractivity contribution in [3.63, 3.8) is 0 Å². The van der Waals surface area contributed by atoms with Gasteiger partial charge in [0.2, 0.25) is 0 Å². The van der Waals surface area contributed by atoms with Gasteiger partial charge in [-0.2, -0.15) is 5.10 Å². The van der Waals surface area contributed by atoms with E-state index < -0.39 is 0 Å². The lowest BCUT2D eigenvalue weighted by atomic mass is 10.1. The van der Waals surface area contributed by atoms with Gasteiger partial charge in [0, 0.05) is 5.69 Å². The van der Waals surface area contributed by atoms with Gasteiger partial charge in [0.25, 0.3) is 0 Å². The summed E-state index contributed by atoms with van der Waals surface area (Å²) in [4.78, 5) is 0. The Bertz CT molecular complexity index is 621. The average Bonchev–Trinajstić information content (AvgIpc) is 2.45. The van der Waals surface area contributed by atoms with Crippen LogP contribution in [0.1, 0.15) is 16.7 Å². The molecule has 2 N–H and O–H groups in total. The third-order valence-corrected chi connectivity index (χ3v) is 3.23. The summed E-state index contributed by atoms with van der Waals surface area (Å²) >= 11 is 5.22. The zero-order chi connectivity index (χ0) is 14.4. The smallest absolute Gasteiger partial charge is 0.191 e. The Hall–Kier alpha value is -2.20. The van der Waals surface area contributed by atoms with E-state index in [2.05, 4.69) is 35.8 Å². The zero-order valence-electron chi connectivity index (χ0n) is 11.6. The molecular formula is C16H17N3S. The van der Waals surface area contributed by atoms with Gasteiger partial charge in [0.05, 0.1) is 6.21 Å². The molecule has 0 atom stereocenters. The van der Waals surface area contributed by atoms with Gasteiger partial charge in [-0.25, -0.2) is 0 Å². The van der Waals surface area contributed by atoms with Crippen molar-refractivity contribution >= 4 is 29.2 Å². The standard InChI is InChI=1S/C16H17N3S/c1-12-7-6-10-15(13(12)2)18-16(20)19-17-11-14-8-4-3-5-9-14/h3-11H,1-2H3,(H2,18,19,20). The first kappa shape index (κ1) is 14.2. The van der Waals surface area contributed by atoms with Crippen molar-refractivity contribution in [2.75, 3.05) is 5.32 Å². The summed E-state index contributed by atoms with van der Waals surface area (Å²) in [6.45, 7) is 4.14. The number of nitrogens with one attached hydrogen (secondary N) is 2. The van der Waals surface area contributed by atoms with E-state index in [9.17, 15) is 0 Å². The van der Waals surface area contributed by atoms with E-state index in [0.29, 0.717) is 5.11 Å². The summed E-state index contributed by atoms with van der Waals surface area (Å²) < 4.78 is 0. The number of hydrazone groups is 1. The lowest BCUT2D eigenvalue weighted by molar-refractivity contribution is 1.05. The Kier molecular flexibility index (Phi) is 4.85. The second-order valence-electron chi connectivity index (χ2n) is 4.48. The maximum atomic E-state index is 5.22. The Morgan fingerprint density at radius 2 is 1.80 bits per heavy atom. The van der Waals surface area contributed by atoms with Gasteiger partial charge < -0.3 is 5.32 Å². The molecule has 0 aromatic heterocycles. The Labute approximate surface area is 124 Å². The highest BCUT2D eigenvalue weighted by Gasteiger charge is 2.01. The van der Waals surface area contributed by atoms with Crippen molar-refractivity contribution in [3.8, 4) is 0 Å². The second-order valence-corrected chi connectivity index (χ2v) is 4.89. The molecule has 2 aromatic carbocycles. The Morgan fingerprint density at radius 1 is 1.05 bits per heavy atom. The zero-order valence-corrected chi connectivity index (χ0v) is 12.4. The molecule has 3 nitrogen and oxygen atoms in total. The number of rotatable bonds is 3. The third kappa shape index (κ3) is 3.90. The van der Waals surface area contributed by atoms with Gasteiger partial charge in [-0.3, -0.25) is 5.43 Å². The van der Waals surface area contributed by atoms with Crippen molar-refractivity contribution < 1.29 is 0 Å². The molecule has 102 valence electrons. The molecule has 0 saturated carbocycles. The molecule has 2 aromatic rings. The molecule has 0 bridgehead atoms.